The minimum absolute atomic E-state index is 0.210. The largest absolute Gasteiger partial charge is 0.497 e. The summed E-state index contributed by atoms with van der Waals surface area (Å²) in [5.74, 6) is 2.47. The summed E-state index contributed by atoms with van der Waals surface area (Å²) in [7, 11) is 4.83. The highest BCUT2D eigenvalue weighted by molar-refractivity contribution is 9.10. The van der Waals surface area contributed by atoms with Gasteiger partial charge in [0, 0.05) is 28.1 Å². The Kier molecular flexibility index (Phi) is 7.77. The van der Waals surface area contributed by atoms with Gasteiger partial charge < -0.3 is 23.9 Å². The number of benzene rings is 3. The van der Waals surface area contributed by atoms with Crippen LogP contribution in [0.2, 0.25) is 0 Å². The van der Waals surface area contributed by atoms with Crippen LogP contribution in [0.15, 0.2) is 81.7 Å². The van der Waals surface area contributed by atoms with Gasteiger partial charge in [0.25, 0.3) is 0 Å². The average molecular weight is 536 g/mol. The number of amides is 1. The van der Waals surface area contributed by atoms with Crippen LogP contribution in [0.1, 0.15) is 16.9 Å². The zero-order valence-corrected chi connectivity index (χ0v) is 21.3. The number of fused-ring (bicyclic) bond motifs is 1. The molecule has 1 aromatic heterocycles. The topological polar surface area (TPSA) is 69.9 Å². The van der Waals surface area contributed by atoms with E-state index in [1.54, 1.807) is 27.4 Å². The van der Waals surface area contributed by atoms with Crippen LogP contribution in [0, 0.1) is 0 Å². The Hall–Kier alpha value is -3.71. The molecular weight excluding hydrogens is 510 g/mol. The van der Waals surface area contributed by atoms with Crippen LogP contribution in [-0.4, -0.2) is 33.8 Å². The third kappa shape index (κ3) is 5.87. The molecule has 35 heavy (non-hydrogen) atoms. The van der Waals surface area contributed by atoms with Gasteiger partial charge in [-0.05, 0) is 66.1 Å². The number of hydrogen-bond acceptors (Lipinski definition) is 5. The molecule has 0 fully saturated rings. The standard InChI is InChI=1S/C28H26BrNO5/c1-32-22-8-5-19(6-9-22)23(26-16-20-15-21(29)7-11-24(20)35-26)17-28(31)30-13-12-18-4-10-25(33-2)27(14-18)34-3/h4-11,14-17H,12-13H2,1-3H3,(H,30,31). The number of nitrogens with one attached hydrogen (secondary N) is 1. The number of carbonyl (C=O) groups is 1. The van der Waals surface area contributed by atoms with E-state index >= 15 is 0 Å². The van der Waals surface area contributed by atoms with Crippen LogP contribution in [0.3, 0.4) is 0 Å². The summed E-state index contributed by atoms with van der Waals surface area (Å²) in [5, 5.41) is 3.92. The summed E-state index contributed by atoms with van der Waals surface area (Å²) in [6.07, 6.45) is 2.22. The van der Waals surface area contributed by atoms with Gasteiger partial charge in [-0.25, -0.2) is 0 Å². The van der Waals surface area contributed by atoms with Gasteiger partial charge in [-0.1, -0.05) is 34.1 Å². The quantitative estimate of drug-likeness (QED) is 0.265. The Morgan fingerprint density at radius 2 is 1.69 bits per heavy atom. The van der Waals surface area contributed by atoms with E-state index in [2.05, 4.69) is 21.2 Å². The first-order valence-electron chi connectivity index (χ1n) is 11.0. The van der Waals surface area contributed by atoms with Crippen LogP contribution in [0.4, 0.5) is 0 Å². The van der Waals surface area contributed by atoms with Gasteiger partial charge >= 0.3 is 0 Å². The minimum atomic E-state index is -0.210. The summed E-state index contributed by atoms with van der Waals surface area (Å²) in [4.78, 5) is 12.9. The Morgan fingerprint density at radius 3 is 2.40 bits per heavy atom. The fraction of sp³-hybridized carbons (Fsp3) is 0.179. The molecule has 1 N–H and O–H groups in total. The predicted molar refractivity (Wildman–Crippen MR) is 140 cm³/mol. The Morgan fingerprint density at radius 1 is 0.914 bits per heavy atom. The maximum Gasteiger partial charge on any atom is 0.244 e. The third-order valence-electron chi connectivity index (χ3n) is 5.58. The SMILES string of the molecule is COc1ccc(C(=CC(=O)NCCc2ccc(OC)c(OC)c2)c2cc3cc(Br)ccc3o2)cc1. The predicted octanol–water partition coefficient (Wildman–Crippen LogP) is 6.01. The molecule has 0 radical (unpaired) electrons. The van der Waals surface area contributed by atoms with Crippen LogP contribution < -0.4 is 19.5 Å². The van der Waals surface area contributed by atoms with Crippen molar-refractivity contribution < 1.29 is 23.4 Å². The molecule has 0 aliphatic heterocycles. The first kappa shape index (κ1) is 24.4. The van der Waals surface area contributed by atoms with E-state index in [4.69, 9.17) is 18.6 Å². The number of hydrogen-bond donors (Lipinski definition) is 1. The van der Waals surface area contributed by atoms with Gasteiger partial charge in [0.2, 0.25) is 5.91 Å². The van der Waals surface area contributed by atoms with Crippen LogP contribution in [-0.2, 0) is 11.2 Å². The highest BCUT2D eigenvalue weighted by Crippen LogP contribution is 2.32. The number of furan rings is 1. The second-order valence-corrected chi connectivity index (χ2v) is 8.73. The van der Waals surface area contributed by atoms with Crippen molar-refractivity contribution in [3.63, 3.8) is 0 Å². The second-order valence-electron chi connectivity index (χ2n) is 7.81. The number of carbonyl (C=O) groups excluding carboxylic acids is 1. The maximum atomic E-state index is 12.9. The van der Waals surface area contributed by atoms with Gasteiger partial charge in [-0.2, -0.15) is 0 Å². The van der Waals surface area contributed by atoms with Crippen molar-refractivity contribution >= 4 is 38.4 Å². The first-order chi connectivity index (χ1) is 17.0. The molecule has 0 saturated heterocycles. The zero-order valence-electron chi connectivity index (χ0n) is 19.8. The van der Waals surface area contributed by atoms with E-state index in [1.807, 2.05) is 66.7 Å². The lowest BCUT2D eigenvalue weighted by molar-refractivity contribution is -0.116. The van der Waals surface area contributed by atoms with E-state index < -0.39 is 0 Å². The summed E-state index contributed by atoms with van der Waals surface area (Å²) in [5.41, 5.74) is 3.31. The summed E-state index contributed by atoms with van der Waals surface area (Å²) in [6, 6.07) is 21.0. The van der Waals surface area contributed by atoms with Crippen molar-refractivity contribution in [2.45, 2.75) is 6.42 Å². The third-order valence-corrected chi connectivity index (χ3v) is 6.07. The van der Waals surface area contributed by atoms with Crippen molar-refractivity contribution in [3.8, 4) is 17.2 Å². The van der Waals surface area contributed by atoms with E-state index in [1.165, 1.54) is 0 Å². The smallest absolute Gasteiger partial charge is 0.244 e. The van der Waals surface area contributed by atoms with Crippen molar-refractivity contribution in [2.24, 2.45) is 0 Å². The molecule has 0 saturated carbocycles. The lowest BCUT2D eigenvalue weighted by atomic mass is 10.0. The molecule has 0 aliphatic carbocycles. The van der Waals surface area contributed by atoms with Crippen LogP contribution in [0.25, 0.3) is 16.5 Å². The van der Waals surface area contributed by atoms with Crippen LogP contribution >= 0.6 is 15.9 Å². The molecule has 6 nitrogen and oxygen atoms in total. The first-order valence-corrected chi connectivity index (χ1v) is 11.8. The number of ether oxygens (including phenoxy) is 3. The molecule has 7 heteroatoms. The van der Waals surface area contributed by atoms with E-state index in [-0.39, 0.29) is 5.91 Å². The van der Waals surface area contributed by atoms with Crippen molar-refractivity contribution in [1.29, 1.82) is 0 Å². The molecule has 4 rings (SSSR count). The Bertz CT molecular complexity index is 1360. The molecule has 180 valence electrons. The van der Waals surface area contributed by atoms with Crippen molar-refractivity contribution in [2.75, 3.05) is 27.9 Å². The van der Waals surface area contributed by atoms with Gasteiger partial charge in [0.05, 0.1) is 21.3 Å². The lowest BCUT2D eigenvalue weighted by Gasteiger charge is -2.10. The van der Waals surface area contributed by atoms with Gasteiger partial charge in [0.1, 0.15) is 17.1 Å². The molecule has 1 amide bonds. The fourth-order valence-electron chi connectivity index (χ4n) is 3.76. The van der Waals surface area contributed by atoms with Crippen molar-refractivity contribution in [3.05, 3.63) is 94.2 Å². The van der Waals surface area contributed by atoms with Gasteiger partial charge in [-0.15, -0.1) is 0 Å². The van der Waals surface area contributed by atoms with E-state index in [0.717, 1.165) is 32.3 Å². The average Bonchev–Trinajstić information content (AvgIpc) is 3.30. The van der Waals surface area contributed by atoms with Gasteiger partial charge in [-0.3, -0.25) is 4.79 Å². The molecule has 4 aromatic rings. The molecule has 0 bridgehead atoms. The van der Waals surface area contributed by atoms with Crippen molar-refractivity contribution in [1.82, 2.24) is 5.32 Å². The molecular formula is C28H26BrNO5. The molecule has 0 atom stereocenters. The molecule has 1 heterocycles. The number of rotatable bonds is 9. The monoisotopic (exact) mass is 535 g/mol. The van der Waals surface area contributed by atoms with Gasteiger partial charge in [0.15, 0.2) is 11.5 Å². The van der Waals surface area contributed by atoms with E-state index in [0.29, 0.717) is 35.8 Å². The summed E-state index contributed by atoms with van der Waals surface area (Å²) < 4.78 is 23.0. The fourth-order valence-corrected chi connectivity index (χ4v) is 4.14. The zero-order chi connectivity index (χ0) is 24.8. The molecule has 0 aliphatic rings. The Labute approximate surface area is 212 Å². The van der Waals surface area contributed by atoms with E-state index in [9.17, 15) is 4.79 Å². The second kappa shape index (κ2) is 11.1. The highest BCUT2D eigenvalue weighted by atomic mass is 79.9. The highest BCUT2D eigenvalue weighted by Gasteiger charge is 2.14. The molecule has 0 spiro atoms. The summed E-state index contributed by atoms with van der Waals surface area (Å²) >= 11 is 3.50. The van der Waals surface area contributed by atoms with Crippen LogP contribution in [0.5, 0.6) is 17.2 Å². The Balaban J connectivity index is 1.55. The maximum absolute atomic E-state index is 12.9. The lowest BCUT2D eigenvalue weighted by Crippen LogP contribution is -2.24. The number of methoxy groups -OCH3 is 3. The minimum Gasteiger partial charge on any atom is -0.497 e. The normalized spacial score (nSPS) is 11.4. The molecule has 3 aromatic carbocycles. The summed E-state index contributed by atoms with van der Waals surface area (Å²) in [6.45, 7) is 0.466. The number of halogens is 1. The molecule has 0 unspecified atom stereocenters.